The number of nitrogens with two attached hydrogens (primary N) is 1. The molecule has 9 nitrogen and oxygen atoms in total. The molecule has 1 saturated heterocycles. The van der Waals surface area contributed by atoms with E-state index < -0.39 is 0 Å². The lowest BCUT2D eigenvalue weighted by Crippen LogP contribution is -2.50. The highest BCUT2D eigenvalue weighted by molar-refractivity contribution is 5.90. The van der Waals surface area contributed by atoms with E-state index >= 15 is 0 Å². The Labute approximate surface area is 163 Å². The van der Waals surface area contributed by atoms with Crippen LogP contribution < -0.4 is 20.7 Å². The number of piperazine rings is 1. The predicted molar refractivity (Wildman–Crippen MR) is 107 cm³/mol. The maximum absolute atomic E-state index is 12.5. The van der Waals surface area contributed by atoms with Crippen LogP contribution in [0.3, 0.4) is 0 Å². The second-order valence-electron chi connectivity index (χ2n) is 6.71. The summed E-state index contributed by atoms with van der Waals surface area (Å²) in [5.74, 6) is 1.42. The van der Waals surface area contributed by atoms with E-state index in [1.54, 1.807) is 4.90 Å². The van der Waals surface area contributed by atoms with Crippen molar-refractivity contribution < 1.29 is 14.3 Å². The minimum atomic E-state index is -0.171. The number of hydrogen-bond acceptors (Lipinski definition) is 7. The highest BCUT2D eigenvalue weighted by atomic mass is 16.5. The molecule has 0 bridgehead atoms. The second kappa shape index (κ2) is 8.55. The van der Waals surface area contributed by atoms with Crippen molar-refractivity contribution in [3.63, 3.8) is 0 Å². The molecule has 2 heterocycles. The Morgan fingerprint density at radius 1 is 1.18 bits per heavy atom. The topological polar surface area (TPSA) is 114 Å². The zero-order valence-electron chi connectivity index (χ0n) is 16.0. The number of rotatable bonds is 5. The average molecular weight is 384 g/mol. The Balaban J connectivity index is 1.57. The largest absolute Gasteiger partial charge is 0.491 e. The molecule has 28 heavy (non-hydrogen) atoms. The van der Waals surface area contributed by atoms with Gasteiger partial charge >= 0.3 is 6.03 Å². The van der Waals surface area contributed by atoms with Gasteiger partial charge in [0, 0.05) is 31.9 Å². The summed E-state index contributed by atoms with van der Waals surface area (Å²) in [6, 6.07) is 7.11. The van der Waals surface area contributed by atoms with Crippen molar-refractivity contribution in [1.82, 2.24) is 14.9 Å². The minimum absolute atomic E-state index is 0.0988. The molecule has 0 unspecified atom stereocenters. The highest BCUT2D eigenvalue weighted by Gasteiger charge is 2.24. The summed E-state index contributed by atoms with van der Waals surface area (Å²) in [7, 11) is 0. The van der Waals surface area contributed by atoms with Crippen LogP contribution in [0.4, 0.5) is 22.1 Å². The number of nitrogens with zero attached hydrogens (tertiary/aromatic N) is 4. The zero-order valence-corrected chi connectivity index (χ0v) is 16.0. The Morgan fingerprint density at radius 3 is 2.46 bits per heavy atom. The number of hydrogen-bond donors (Lipinski definition) is 2. The standard InChI is InChI=1S/C19H24N6O3/c1-13(2)28-15-5-3-14(4-6-15)23-19(27)25-9-7-24(8-10-25)18-16(11-26)17(20)21-12-22-18/h3-6,11-13H,7-10H2,1-2H3,(H,23,27)(H2,20,21,22). The molecule has 1 fully saturated rings. The molecular formula is C19H24N6O3. The molecule has 1 aromatic heterocycles. The van der Waals surface area contributed by atoms with Gasteiger partial charge in [0.15, 0.2) is 6.29 Å². The smallest absolute Gasteiger partial charge is 0.321 e. The molecule has 0 aliphatic carbocycles. The van der Waals surface area contributed by atoms with Crippen molar-refractivity contribution in [3.05, 3.63) is 36.2 Å². The summed E-state index contributed by atoms with van der Waals surface area (Å²) >= 11 is 0. The molecule has 2 amide bonds. The van der Waals surface area contributed by atoms with Crippen molar-refractivity contribution in [2.24, 2.45) is 0 Å². The third kappa shape index (κ3) is 4.48. The SMILES string of the molecule is CC(C)Oc1ccc(NC(=O)N2CCN(c3ncnc(N)c3C=O)CC2)cc1. The molecule has 1 aromatic carbocycles. The Hall–Kier alpha value is -3.36. The van der Waals surface area contributed by atoms with E-state index in [0.717, 1.165) is 5.75 Å². The van der Waals surface area contributed by atoms with Crippen molar-refractivity contribution in [2.75, 3.05) is 42.1 Å². The van der Waals surface area contributed by atoms with Crippen LogP contribution in [0, 0.1) is 0 Å². The molecule has 0 radical (unpaired) electrons. The van der Waals surface area contributed by atoms with Crippen LogP contribution in [0.25, 0.3) is 0 Å². The van der Waals surface area contributed by atoms with Crippen LogP contribution in [0.2, 0.25) is 0 Å². The van der Waals surface area contributed by atoms with Crippen LogP contribution in [0.5, 0.6) is 5.75 Å². The Kier molecular flexibility index (Phi) is 5.93. The predicted octanol–water partition coefficient (Wildman–Crippen LogP) is 2.01. The van der Waals surface area contributed by atoms with Gasteiger partial charge in [-0.1, -0.05) is 0 Å². The average Bonchev–Trinajstić information content (AvgIpc) is 2.69. The summed E-state index contributed by atoms with van der Waals surface area (Å²) in [5, 5.41) is 2.89. The molecule has 1 aliphatic rings. The number of urea groups is 1. The van der Waals surface area contributed by atoms with Gasteiger partial charge < -0.3 is 25.6 Å². The number of carbonyl (C=O) groups excluding carboxylic acids is 2. The van der Waals surface area contributed by atoms with E-state index in [-0.39, 0.29) is 23.5 Å². The summed E-state index contributed by atoms with van der Waals surface area (Å²) < 4.78 is 5.60. The second-order valence-corrected chi connectivity index (χ2v) is 6.71. The number of nitrogens with one attached hydrogen (secondary N) is 1. The fourth-order valence-electron chi connectivity index (χ4n) is 2.98. The van der Waals surface area contributed by atoms with Crippen LogP contribution >= 0.6 is 0 Å². The molecule has 9 heteroatoms. The van der Waals surface area contributed by atoms with Crippen LogP contribution in [0.15, 0.2) is 30.6 Å². The van der Waals surface area contributed by atoms with Crippen molar-refractivity contribution in [3.8, 4) is 5.75 Å². The van der Waals surface area contributed by atoms with E-state index in [2.05, 4.69) is 15.3 Å². The molecule has 148 valence electrons. The Morgan fingerprint density at radius 2 is 1.86 bits per heavy atom. The van der Waals surface area contributed by atoms with E-state index in [1.165, 1.54) is 6.33 Å². The molecule has 2 aromatic rings. The minimum Gasteiger partial charge on any atom is -0.491 e. The van der Waals surface area contributed by atoms with Crippen molar-refractivity contribution in [1.29, 1.82) is 0 Å². The van der Waals surface area contributed by atoms with E-state index in [9.17, 15) is 9.59 Å². The number of ether oxygens (including phenoxy) is 1. The number of nitrogen functional groups attached to an aromatic ring is 1. The molecule has 0 spiro atoms. The van der Waals surface area contributed by atoms with Crippen LogP contribution in [-0.2, 0) is 0 Å². The van der Waals surface area contributed by atoms with Gasteiger partial charge in [-0.25, -0.2) is 14.8 Å². The van der Waals surface area contributed by atoms with E-state index in [1.807, 2.05) is 43.0 Å². The van der Waals surface area contributed by atoms with Crippen LogP contribution in [0.1, 0.15) is 24.2 Å². The maximum atomic E-state index is 12.5. The van der Waals surface area contributed by atoms with Gasteiger partial charge in [-0.15, -0.1) is 0 Å². The number of carbonyl (C=O) groups is 2. The van der Waals surface area contributed by atoms with Gasteiger partial charge in [0.1, 0.15) is 23.7 Å². The molecular weight excluding hydrogens is 360 g/mol. The van der Waals surface area contributed by atoms with Gasteiger partial charge in [0.05, 0.1) is 11.7 Å². The lowest BCUT2D eigenvalue weighted by Gasteiger charge is -2.35. The van der Waals surface area contributed by atoms with E-state index in [4.69, 9.17) is 10.5 Å². The first kappa shape index (κ1) is 19.4. The summed E-state index contributed by atoms with van der Waals surface area (Å²) in [4.78, 5) is 35.5. The molecule has 3 N–H and O–H groups in total. The van der Waals surface area contributed by atoms with Gasteiger partial charge in [-0.2, -0.15) is 0 Å². The first-order valence-corrected chi connectivity index (χ1v) is 9.11. The summed E-state index contributed by atoms with van der Waals surface area (Å²) in [5.41, 5.74) is 6.73. The third-order valence-corrected chi connectivity index (χ3v) is 4.36. The van der Waals surface area contributed by atoms with Crippen LogP contribution in [-0.4, -0.2) is 59.5 Å². The Bertz CT molecular complexity index is 832. The van der Waals surface area contributed by atoms with Gasteiger partial charge in [0.2, 0.25) is 0 Å². The first-order chi connectivity index (χ1) is 13.5. The van der Waals surface area contributed by atoms with Gasteiger partial charge in [-0.05, 0) is 38.1 Å². The molecule has 1 aliphatic heterocycles. The van der Waals surface area contributed by atoms with Gasteiger partial charge in [-0.3, -0.25) is 4.79 Å². The maximum Gasteiger partial charge on any atom is 0.321 e. The fraction of sp³-hybridized carbons (Fsp3) is 0.368. The first-order valence-electron chi connectivity index (χ1n) is 9.11. The van der Waals surface area contributed by atoms with Gasteiger partial charge in [0.25, 0.3) is 0 Å². The molecule has 0 atom stereocenters. The third-order valence-electron chi connectivity index (χ3n) is 4.36. The fourth-order valence-corrected chi connectivity index (χ4v) is 2.98. The number of aromatic nitrogens is 2. The number of anilines is 3. The van der Waals surface area contributed by atoms with E-state index in [0.29, 0.717) is 44.0 Å². The summed E-state index contributed by atoms with van der Waals surface area (Å²) in [6.45, 7) is 6.02. The highest BCUT2D eigenvalue weighted by Crippen LogP contribution is 2.21. The number of amides is 2. The quantitative estimate of drug-likeness (QED) is 0.758. The number of benzene rings is 1. The lowest BCUT2D eigenvalue weighted by molar-refractivity contribution is 0.112. The zero-order chi connectivity index (χ0) is 20.1. The van der Waals surface area contributed by atoms with Crippen molar-refractivity contribution >= 4 is 29.6 Å². The van der Waals surface area contributed by atoms with Crippen molar-refractivity contribution in [2.45, 2.75) is 20.0 Å². The summed E-state index contributed by atoms with van der Waals surface area (Å²) in [6.07, 6.45) is 2.10. The number of aldehydes is 1. The monoisotopic (exact) mass is 384 g/mol. The molecule has 0 saturated carbocycles. The lowest BCUT2D eigenvalue weighted by atomic mass is 10.2. The molecule has 3 rings (SSSR count). The normalized spacial score (nSPS) is 14.1.